The van der Waals surface area contributed by atoms with E-state index in [9.17, 15) is 0 Å². The fourth-order valence-corrected chi connectivity index (χ4v) is 2.54. The van der Waals surface area contributed by atoms with Crippen LogP contribution in [0.25, 0.3) is 0 Å². The van der Waals surface area contributed by atoms with Gasteiger partial charge in [0.1, 0.15) is 12.7 Å². The Labute approximate surface area is 111 Å². The Kier molecular flexibility index (Phi) is 5.00. The predicted octanol–water partition coefficient (Wildman–Crippen LogP) is 2.73. The third-order valence-electron chi connectivity index (χ3n) is 3.97. The van der Waals surface area contributed by atoms with Gasteiger partial charge in [-0.2, -0.15) is 4.58 Å². The monoisotopic (exact) mass is 251 g/mol. The number of nitrogens with zero attached hydrogens (tertiary/aromatic N) is 1. The van der Waals surface area contributed by atoms with Gasteiger partial charge in [-0.25, -0.2) is 0 Å². The average Bonchev–Trinajstić information content (AvgIpc) is 2.32. The van der Waals surface area contributed by atoms with Crippen LogP contribution in [0.5, 0.6) is 0 Å². The van der Waals surface area contributed by atoms with Crippen LogP contribution in [0.1, 0.15) is 34.1 Å². The summed E-state index contributed by atoms with van der Waals surface area (Å²) in [4.78, 5) is 0. The van der Waals surface area contributed by atoms with Crippen molar-refractivity contribution in [2.45, 2.75) is 40.2 Å². The number of nitrogens with two attached hydrogens (primary N) is 1. The third-order valence-corrected chi connectivity index (χ3v) is 3.97. The predicted molar refractivity (Wildman–Crippen MR) is 76.3 cm³/mol. The van der Waals surface area contributed by atoms with Crippen LogP contribution in [-0.4, -0.2) is 23.6 Å². The highest BCUT2D eigenvalue weighted by atomic mass is 16.5. The van der Waals surface area contributed by atoms with Gasteiger partial charge in [0.2, 0.25) is 0 Å². The summed E-state index contributed by atoms with van der Waals surface area (Å²) in [5.41, 5.74) is 6.90. The molecular formula is C15H27N2O+. The molecule has 0 heterocycles. The molecule has 0 spiro atoms. The molecule has 2 unspecified atom stereocenters. The first-order chi connectivity index (χ1) is 8.38. The first-order valence-corrected chi connectivity index (χ1v) is 6.73. The lowest BCUT2D eigenvalue weighted by Gasteiger charge is -2.39. The van der Waals surface area contributed by atoms with Crippen molar-refractivity contribution in [3.05, 3.63) is 24.6 Å². The van der Waals surface area contributed by atoms with Gasteiger partial charge in [0.15, 0.2) is 6.04 Å². The summed E-state index contributed by atoms with van der Waals surface area (Å²) in [5, 5.41) is 0. The summed E-state index contributed by atoms with van der Waals surface area (Å²) in [7, 11) is 1.98. The van der Waals surface area contributed by atoms with Gasteiger partial charge in [-0.1, -0.05) is 20.4 Å². The molecule has 0 bridgehead atoms. The molecule has 3 heteroatoms. The number of hydrogen-bond acceptors (Lipinski definition) is 2. The van der Waals surface area contributed by atoms with Crippen molar-refractivity contribution in [3.8, 4) is 0 Å². The van der Waals surface area contributed by atoms with Crippen LogP contribution in [0.3, 0.4) is 0 Å². The molecule has 3 nitrogen and oxygen atoms in total. The van der Waals surface area contributed by atoms with Crippen molar-refractivity contribution in [2.75, 3.05) is 7.05 Å². The zero-order valence-corrected chi connectivity index (χ0v) is 12.3. The van der Waals surface area contributed by atoms with Crippen molar-refractivity contribution >= 4 is 5.90 Å². The van der Waals surface area contributed by atoms with Gasteiger partial charge in [-0.3, -0.25) is 0 Å². The summed E-state index contributed by atoms with van der Waals surface area (Å²) in [6.07, 6.45) is 4.87. The number of ether oxygens (including phenoxy) is 1. The maximum absolute atomic E-state index is 6.19. The Morgan fingerprint density at radius 3 is 2.33 bits per heavy atom. The third kappa shape index (κ3) is 3.15. The Balaban J connectivity index is 2.96. The summed E-state index contributed by atoms with van der Waals surface area (Å²) in [6, 6.07) is 0.336. The lowest BCUT2D eigenvalue weighted by atomic mass is 9.66. The molecule has 1 aliphatic rings. The summed E-state index contributed by atoms with van der Waals surface area (Å²) in [5.74, 6) is 2.70. The minimum atomic E-state index is 0.336. The Bertz CT molecular complexity index is 361. The van der Waals surface area contributed by atoms with Gasteiger partial charge >= 0.3 is 5.90 Å². The van der Waals surface area contributed by atoms with Crippen LogP contribution in [0.2, 0.25) is 0 Å². The van der Waals surface area contributed by atoms with Crippen molar-refractivity contribution in [3.63, 3.8) is 0 Å². The van der Waals surface area contributed by atoms with E-state index >= 15 is 0 Å². The van der Waals surface area contributed by atoms with E-state index in [1.165, 1.54) is 12.7 Å². The lowest BCUT2D eigenvalue weighted by Crippen LogP contribution is -2.34. The lowest BCUT2D eigenvalue weighted by molar-refractivity contribution is -0.536. The molecule has 2 N–H and O–H groups in total. The average molecular weight is 251 g/mol. The van der Waals surface area contributed by atoms with E-state index in [2.05, 4.69) is 40.3 Å². The number of hydrogen-bond donors (Lipinski definition) is 1. The topological polar surface area (TPSA) is 38.3 Å². The van der Waals surface area contributed by atoms with Crippen LogP contribution in [0, 0.1) is 17.8 Å². The maximum atomic E-state index is 6.19. The van der Waals surface area contributed by atoms with Crippen LogP contribution >= 0.6 is 0 Å². The molecule has 0 aromatic rings. The van der Waals surface area contributed by atoms with E-state index < -0.39 is 0 Å². The van der Waals surface area contributed by atoms with Gasteiger partial charge in [0.05, 0.1) is 6.26 Å². The summed E-state index contributed by atoms with van der Waals surface area (Å²) < 4.78 is 7.51. The zero-order chi connectivity index (χ0) is 13.9. The molecular weight excluding hydrogens is 224 g/mol. The van der Waals surface area contributed by atoms with E-state index in [0.717, 1.165) is 5.70 Å². The second kappa shape index (κ2) is 6.07. The number of allylic oxidation sites excluding steroid dienone is 1. The molecule has 2 atom stereocenters. The fraction of sp³-hybridized carbons (Fsp3) is 0.667. The van der Waals surface area contributed by atoms with Crippen molar-refractivity contribution in [2.24, 2.45) is 23.5 Å². The van der Waals surface area contributed by atoms with E-state index in [1.54, 1.807) is 0 Å². The first-order valence-electron chi connectivity index (χ1n) is 6.73. The highest BCUT2D eigenvalue weighted by Crippen LogP contribution is 2.40. The van der Waals surface area contributed by atoms with Gasteiger partial charge in [-0.05, 0) is 44.1 Å². The number of rotatable bonds is 4. The van der Waals surface area contributed by atoms with Crippen molar-refractivity contribution in [1.82, 2.24) is 0 Å². The van der Waals surface area contributed by atoms with Crippen LogP contribution in [0.15, 0.2) is 24.6 Å². The van der Waals surface area contributed by atoms with E-state index in [-0.39, 0.29) is 0 Å². The second-order valence-corrected chi connectivity index (χ2v) is 5.68. The Morgan fingerprint density at radius 1 is 1.39 bits per heavy atom. The standard InChI is InChI=1S/C15H27N2O/c1-7-18-15(17(6)10(2)3)14(16)9-13-11(4)8-12(13)5/h7,9-13H,1,8,16H2,2-6H3/q+1/b14-9+,17-15-. The van der Waals surface area contributed by atoms with Crippen LogP contribution in [0.4, 0.5) is 0 Å². The van der Waals surface area contributed by atoms with E-state index in [0.29, 0.717) is 29.7 Å². The minimum Gasteiger partial charge on any atom is -0.413 e. The minimum absolute atomic E-state index is 0.336. The molecule has 0 aliphatic heterocycles. The van der Waals surface area contributed by atoms with Crippen molar-refractivity contribution < 1.29 is 9.31 Å². The van der Waals surface area contributed by atoms with Crippen LogP contribution in [-0.2, 0) is 4.74 Å². The quantitative estimate of drug-likeness (QED) is 0.361. The molecule has 0 aromatic carbocycles. The van der Waals surface area contributed by atoms with Crippen LogP contribution < -0.4 is 5.73 Å². The first kappa shape index (κ1) is 14.8. The normalized spacial score (nSPS) is 29.7. The Hall–Kier alpha value is -1.25. The zero-order valence-electron chi connectivity index (χ0n) is 12.3. The summed E-state index contributed by atoms with van der Waals surface area (Å²) in [6.45, 7) is 12.4. The maximum Gasteiger partial charge on any atom is 0.390 e. The van der Waals surface area contributed by atoms with E-state index in [1.807, 2.05) is 11.6 Å². The molecule has 1 saturated carbocycles. The van der Waals surface area contributed by atoms with Gasteiger partial charge in [-0.15, -0.1) is 0 Å². The molecule has 1 aliphatic carbocycles. The molecule has 18 heavy (non-hydrogen) atoms. The highest BCUT2D eigenvalue weighted by molar-refractivity contribution is 5.88. The van der Waals surface area contributed by atoms with Gasteiger partial charge in [0.25, 0.3) is 0 Å². The molecule has 1 rings (SSSR count). The smallest absolute Gasteiger partial charge is 0.390 e. The van der Waals surface area contributed by atoms with Gasteiger partial charge in [0, 0.05) is 0 Å². The summed E-state index contributed by atoms with van der Waals surface area (Å²) >= 11 is 0. The molecule has 0 aromatic heterocycles. The second-order valence-electron chi connectivity index (χ2n) is 5.68. The molecule has 0 amide bonds. The molecule has 1 fully saturated rings. The Morgan fingerprint density at radius 2 is 1.94 bits per heavy atom. The van der Waals surface area contributed by atoms with E-state index in [4.69, 9.17) is 10.5 Å². The fourth-order valence-electron chi connectivity index (χ4n) is 2.54. The van der Waals surface area contributed by atoms with Crippen molar-refractivity contribution in [1.29, 1.82) is 0 Å². The molecule has 0 radical (unpaired) electrons. The largest absolute Gasteiger partial charge is 0.413 e. The molecule has 0 saturated heterocycles. The highest BCUT2D eigenvalue weighted by Gasteiger charge is 2.34. The SMILES string of the molecule is C=COC(/C(N)=C\C1C(C)CC1C)=[N+](/C)C(C)C. The molecule has 102 valence electrons. The van der Waals surface area contributed by atoms with Gasteiger partial charge < -0.3 is 10.5 Å².